The van der Waals surface area contributed by atoms with Crippen LogP contribution in [0, 0.1) is 13.8 Å². The second-order valence-electron chi connectivity index (χ2n) is 4.73. The Morgan fingerprint density at radius 2 is 1.68 bits per heavy atom. The summed E-state index contributed by atoms with van der Waals surface area (Å²) in [7, 11) is 1.98. The topological polar surface area (TPSA) is 12.0 Å². The summed E-state index contributed by atoms with van der Waals surface area (Å²) in [6.07, 6.45) is 0. The molecular weight excluding hydrogens is 322 g/mol. The maximum absolute atomic E-state index is 6.17. The molecule has 0 saturated heterocycles. The van der Waals surface area contributed by atoms with Crippen molar-refractivity contribution >= 4 is 27.5 Å². The Balaban J connectivity index is 2.47. The Morgan fingerprint density at radius 3 is 2.26 bits per heavy atom. The average Bonchev–Trinajstić information content (AvgIpc) is 2.38. The quantitative estimate of drug-likeness (QED) is 0.828. The van der Waals surface area contributed by atoms with Crippen molar-refractivity contribution in [1.82, 2.24) is 5.32 Å². The Labute approximate surface area is 128 Å². The molecule has 0 amide bonds. The van der Waals surface area contributed by atoms with E-state index in [1.165, 1.54) is 16.7 Å². The molecule has 0 fully saturated rings. The van der Waals surface area contributed by atoms with E-state index in [0.29, 0.717) is 0 Å². The van der Waals surface area contributed by atoms with Gasteiger partial charge in [0.2, 0.25) is 0 Å². The molecule has 2 rings (SSSR count). The van der Waals surface area contributed by atoms with Crippen molar-refractivity contribution in [2.24, 2.45) is 0 Å². The average molecular weight is 339 g/mol. The van der Waals surface area contributed by atoms with Gasteiger partial charge in [-0.05, 0) is 61.3 Å². The molecule has 1 N–H and O–H groups in total. The SMILES string of the molecule is CNC(c1ccc(Br)cc1)c1cc(C)c(Cl)cc1C. The first kappa shape index (κ1) is 14.6. The lowest BCUT2D eigenvalue weighted by molar-refractivity contribution is 0.687. The van der Waals surface area contributed by atoms with E-state index in [-0.39, 0.29) is 6.04 Å². The van der Waals surface area contributed by atoms with E-state index in [1.807, 2.05) is 20.0 Å². The fourth-order valence-corrected chi connectivity index (χ4v) is 2.75. The van der Waals surface area contributed by atoms with Crippen LogP contribution in [0.5, 0.6) is 0 Å². The maximum Gasteiger partial charge on any atom is 0.0577 e. The molecule has 0 aliphatic carbocycles. The van der Waals surface area contributed by atoms with Crippen LogP contribution in [0.4, 0.5) is 0 Å². The predicted molar refractivity (Wildman–Crippen MR) is 86.0 cm³/mol. The van der Waals surface area contributed by atoms with E-state index in [0.717, 1.165) is 15.1 Å². The van der Waals surface area contributed by atoms with Crippen LogP contribution < -0.4 is 5.32 Å². The summed E-state index contributed by atoms with van der Waals surface area (Å²) in [6.45, 7) is 4.14. The number of hydrogen-bond acceptors (Lipinski definition) is 1. The number of halogens is 2. The molecule has 0 aliphatic rings. The van der Waals surface area contributed by atoms with Gasteiger partial charge in [0.1, 0.15) is 0 Å². The molecular formula is C16H17BrClN. The highest BCUT2D eigenvalue weighted by atomic mass is 79.9. The minimum absolute atomic E-state index is 0.184. The molecule has 1 atom stereocenters. The summed E-state index contributed by atoms with van der Waals surface area (Å²) in [6, 6.07) is 12.8. The Kier molecular flexibility index (Phi) is 4.67. The van der Waals surface area contributed by atoms with Gasteiger partial charge < -0.3 is 5.32 Å². The van der Waals surface area contributed by atoms with Gasteiger partial charge in [-0.15, -0.1) is 0 Å². The van der Waals surface area contributed by atoms with Crippen molar-refractivity contribution in [2.75, 3.05) is 7.05 Å². The van der Waals surface area contributed by atoms with Crippen LogP contribution in [0.3, 0.4) is 0 Å². The van der Waals surface area contributed by atoms with E-state index < -0.39 is 0 Å². The van der Waals surface area contributed by atoms with Gasteiger partial charge in [0.25, 0.3) is 0 Å². The van der Waals surface area contributed by atoms with Crippen molar-refractivity contribution < 1.29 is 0 Å². The van der Waals surface area contributed by atoms with Crippen molar-refractivity contribution in [3.05, 3.63) is 68.1 Å². The Hall–Kier alpha value is -0.830. The highest BCUT2D eigenvalue weighted by molar-refractivity contribution is 9.10. The fourth-order valence-electron chi connectivity index (χ4n) is 2.27. The Morgan fingerprint density at radius 1 is 1.05 bits per heavy atom. The van der Waals surface area contributed by atoms with Crippen LogP contribution in [0.15, 0.2) is 40.9 Å². The lowest BCUT2D eigenvalue weighted by atomic mass is 9.94. The molecule has 3 heteroatoms. The summed E-state index contributed by atoms with van der Waals surface area (Å²) < 4.78 is 1.09. The normalized spacial score (nSPS) is 12.5. The zero-order chi connectivity index (χ0) is 14.0. The molecule has 0 bridgehead atoms. The minimum Gasteiger partial charge on any atom is -0.309 e. The van der Waals surface area contributed by atoms with Gasteiger partial charge in [-0.3, -0.25) is 0 Å². The molecule has 0 aliphatic heterocycles. The van der Waals surface area contributed by atoms with Crippen molar-refractivity contribution in [3.8, 4) is 0 Å². The zero-order valence-electron chi connectivity index (χ0n) is 11.3. The standard InChI is InChI=1S/C16H17BrClN/c1-10-9-15(18)11(2)8-14(10)16(19-3)12-4-6-13(17)7-5-12/h4-9,16,19H,1-3H3. The molecule has 2 aromatic rings. The third-order valence-electron chi connectivity index (χ3n) is 3.35. The number of aryl methyl sites for hydroxylation is 2. The third kappa shape index (κ3) is 3.19. The Bertz CT molecular complexity index is 578. The lowest BCUT2D eigenvalue weighted by Crippen LogP contribution is -2.18. The summed E-state index contributed by atoms with van der Waals surface area (Å²) >= 11 is 9.64. The van der Waals surface area contributed by atoms with E-state index in [1.54, 1.807) is 0 Å². The van der Waals surface area contributed by atoms with Crippen molar-refractivity contribution in [3.63, 3.8) is 0 Å². The number of nitrogens with one attached hydrogen (secondary N) is 1. The fraction of sp³-hybridized carbons (Fsp3) is 0.250. The van der Waals surface area contributed by atoms with E-state index in [2.05, 4.69) is 58.5 Å². The molecule has 1 unspecified atom stereocenters. The predicted octanol–water partition coefficient (Wildman–Crippen LogP) is 5.03. The first-order valence-electron chi connectivity index (χ1n) is 6.22. The number of benzene rings is 2. The van der Waals surface area contributed by atoms with E-state index >= 15 is 0 Å². The molecule has 0 aromatic heterocycles. The van der Waals surface area contributed by atoms with Crippen LogP contribution in [0.25, 0.3) is 0 Å². The highest BCUT2D eigenvalue weighted by Gasteiger charge is 2.15. The molecule has 19 heavy (non-hydrogen) atoms. The molecule has 0 saturated carbocycles. The van der Waals surface area contributed by atoms with Gasteiger partial charge in [-0.25, -0.2) is 0 Å². The van der Waals surface area contributed by atoms with Crippen LogP contribution in [-0.4, -0.2) is 7.05 Å². The van der Waals surface area contributed by atoms with Gasteiger partial charge in [0.05, 0.1) is 6.04 Å². The van der Waals surface area contributed by atoms with Gasteiger partial charge in [-0.1, -0.05) is 45.7 Å². The summed E-state index contributed by atoms with van der Waals surface area (Å²) in [4.78, 5) is 0. The van der Waals surface area contributed by atoms with Gasteiger partial charge in [0, 0.05) is 9.50 Å². The van der Waals surface area contributed by atoms with Crippen molar-refractivity contribution in [2.45, 2.75) is 19.9 Å². The van der Waals surface area contributed by atoms with E-state index in [4.69, 9.17) is 11.6 Å². The first-order valence-corrected chi connectivity index (χ1v) is 7.39. The van der Waals surface area contributed by atoms with Gasteiger partial charge in [-0.2, -0.15) is 0 Å². The van der Waals surface area contributed by atoms with Crippen molar-refractivity contribution in [1.29, 1.82) is 0 Å². The second-order valence-corrected chi connectivity index (χ2v) is 6.05. The summed E-state index contributed by atoms with van der Waals surface area (Å²) in [5.41, 5.74) is 4.83. The lowest BCUT2D eigenvalue weighted by Gasteiger charge is -2.20. The number of hydrogen-bond donors (Lipinski definition) is 1. The van der Waals surface area contributed by atoms with E-state index in [9.17, 15) is 0 Å². The summed E-state index contributed by atoms with van der Waals surface area (Å²) in [5, 5.41) is 4.21. The number of rotatable bonds is 3. The highest BCUT2D eigenvalue weighted by Crippen LogP contribution is 2.29. The molecule has 2 aromatic carbocycles. The zero-order valence-corrected chi connectivity index (χ0v) is 13.6. The smallest absolute Gasteiger partial charge is 0.0577 e. The maximum atomic E-state index is 6.17. The van der Waals surface area contributed by atoms with Gasteiger partial charge >= 0.3 is 0 Å². The molecule has 1 nitrogen and oxygen atoms in total. The van der Waals surface area contributed by atoms with Crippen LogP contribution >= 0.6 is 27.5 Å². The molecule has 0 radical (unpaired) electrons. The summed E-state index contributed by atoms with van der Waals surface area (Å²) in [5.74, 6) is 0. The monoisotopic (exact) mass is 337 g/mol. The minimum atomic E-state index is 0.184. The van der Waals surface area contributed by atoms with Crippen LogP contribution in [-0.2, 0) is 0 Å². The molecule has 0 spiro atoms. The second kappa shape index (κ2) is 6.08. The van der Waals surface area contributed by atoms with Crippen LogP contribution in [0.1, 0.15) is 28.3 Å². The van der Waals surface area contributed by atoms with Crippen LogP contribution in [0.2, 0.25) is 5.02 Å². The largest absolute Gasteiger partial charge is 0.309 e. The first-order chi connectivity index (χ1) is 9.02. The molecule has 100 valence electrons. The van der Waals surface area contributed by atoms with Gasteiger partial charge in [0.15, 0.2) is 0 Å². The third-order valence-corrected chi connectivity index (χ3v) is 4.29. The molecule has 0 heterocycles.